The summed E-state index contributed by atoms with van der Waals surface area (Å²) in [6, 6.07) is -11.5. The molecule has 0 N–H and O–H groups in total. The Hall–Kier alpha value is -2.80. The normalized spacial score (nSPS) is 26.9. The van der Waals surface area contributed by atoms with Crippen molar-refractivity contribution in [3.63, 3.8) is 0 Å². The van der Waals surface area contributed by atoms with Crippen molar-refractivity contribution in [2.24, 2.45) is 0 Å². The maximum Gasteiger partial charge on any atom is 0.185 e. The molecule has 1 aliphatic rings. The van der Waals surface area contributed by atoms with Gasteiger partial charge in [0.1, 0.15) is 0 Å². The largest absolute Gasteiger partial charge is 0.185 e. The summed E-state index contributed by atoms with van der Waals surface area (Å²) in [7, 11) is 0. The van der Waals surface area contributed by atoms with Gasteiger partial charge in [0.15, 0.2) is 6.71 Å². The second kappa shape index (κ2) is 6.18. The molecule has 0 amide bonds. The van der Waals surface area contributed by atoms with Gasteiger partial charge in [-0.2, -0.15) is 0 Å². The van der Waals surface area contributed by atoms with Crippen molar-refractivity contribution in [2.45, 2.75) is 19.5 Å². The lowest BCUT2D eigenvalue weighted by Crippen LogP contribution is -2.39. The predicted molar refractivity (Wildman–Crippen MR) is 113 cm³/mol. The van der Waals surface area contributed by atoms with Crippen LogP contribution in [0.2, 0.25) is 0 Å². The van der Waals surface area contributed by atoms with Gasteiger partial charge in [0.2, 0.25) is 0 Å². The van der Waals surface area contributed by atoms with Gasteiger partial charge in [-0.3, -0.25) is 0 Å². The Morgan fingerprint density at radius 1 is 0.769 bits per heavy atom. The molecule has 26 heavy (non-hydrogen) atoms. The van der Waals surface area contributed by atoms with Crippen molar-refractivity contribution in [2.75, 3.05) is 0 Å². The van der Waals surface area contributed by atoms with E-state index in [4.69, 9.17) is 19.2 Å². The molecule has 4 aromatic carbocycles. The Kier molecular flexibility index (Phi) is 1.33. The minimum atomic E-state index is -3.10. The first-order valence-electron chi connectivity index (χ1n) is 16.9. The molecule has 0 radical (unpaired) electrons. The summed E-state index contributed by atoms with van der Waals surface area (Å²) in [5, 5.41) is -0.560. The van der Waals surface area contributed by atoms with Crippen LogP contribution in [0.3, 0.4) is 0 Å². The molecular weight excluding hydrogens is 311 g/mol. The molecule has 1 heterocycles. The minimum absolute atomic E-state index is 0.0139. The lowest BCUT2D eigenvalue weighted by molar-refractivity contribution is 1.25. The van der Waals surface area contributed by atoms with Gasteiger partial charge in [-0.05, 0) is 58.1 Å². The first kappa shape index (κ1) is 5.60. The fraction of sp³-hybridized carbons (Fsp3) is 0.120. The zero-order valence-corrected chi connectivity index (χ0v) is 13.6. The summed E-state index contributed by atoms with van der Waals surface area (Å²) in [5.41, 5.74) is -3.56. The zero-order chi connectivity index (χ0) is 33.3. The number of rotatable bonds is 2. The van der Waals surface area contributed by atoms with Crippen molar-refractivity contribution >= 4 is 22.9 Å². The summed E-state index contributed by atoms with van der Waals surface area (Å²) in [6.07, 6.45) is -6.20. The number of hydrogen-bond acceptors (Lipinski definition) is 0. The van der Waals surface area contributed by atoms with Crippen LogP contribution in [0.5, 0.6) is 0 Å². The Morgan fingerprint density at radius 3 is 2.35 bits per heavy atom. The molecule has 0 atom stereocenters. The minimum Gasteiger partial charge on any atom is -0.0717 e. The summed E-state index contributed by atoms with van der Waals surface area (Å²) >= 11 is 0. The maximum atomic E-state index is 9.28. The molecule has 0 bridgehead atoms. The summed E-state index contributed by atoms with van der Waals surface area (Å²) < 4.78 is 155. The van der Waals surface area contributed by atoms with Gasteiger partial charge in [0.05, 0.1) is 19.2 Å². The van der Waals surface area contributed by atoms with Crippen LogP contribution >= 0.6 is 0 Å². The first-order chi connectivity index (χ1) is 20.1. The standard InChI is InChI=1S/C25H21B/c1-18-14-15-21-17-26(16-20-10-7-12-22(18)25(20)21)24-13-6-5-11-23(24)19-8-3-2-4-9-19/h2-15H,16-17H2,1H3/i2D,3D,4D,5D,6D,7D,8D,9D,10D,11D,12D,13D,14D,15D,16D2,17D2. The van der Waals surface area contributed by atoms with E-state index in [0.717, 1.165) is 0 Å². The van der Waals surface area contributed by atoms with E-state index in [9.17, 15) is 5.48 Å². The zero-order valence-electron chi connectivity index (χ0n) is 31.6. The monoisotopic (exact) mass is 350 g/mol. The number of benzene rings is 4. The predicted octanol–water partition coefficient (Wildman–Crippen LogP) is 5.39. The third kappa shape index (κ3) is 2.47. The van der Waals surface area contributed by atoms with Crippen LogP contribution in [0.25, 0.3) is 21.9 Å². The molecular formula is C25H21B. The molecule has 1 aliphatic heterocycles. The van der Waals surface area contributed by atoms with E-state index in [-0.39, 0.29) is 16.3 Å². The van der Waals surface area contributed by atoms with Gasteiger partial charge < -0.3 is 0 Å². The van der Waals surface area contributed by atoms with Gasteiger partial charge in [-0.25, -0.2) is 0 Å². The first-order valence-corrected chi connectivity index (χ1v) is 7.87. The maximum absolute atomic E-state index is 9.28. The topological polar surface area (TPSA) is 0 Å². The number of hydrogen-bond donors (Lipinski definition) is 0. The smallest absolute Gasteiger partial charge is 0.0717 e. The van der Waals surface area contributed by atoms with Gasteiger partial charge in [-0.1, -0.05) is 90.1 Å². The van der Waals surface area contributed by atoms with E-state index >= 15 is 0 Å². The van der Waals surface area contributed by atoms with Crippen LogP contribution in [-0.2, 0) is 12.5 Å². The van der Waals surface area contributed by atoms with Gasteiger partial charge >= 0.3 is 0 Å². The Bertz CT molecular complexity index is 1880. The molecule has 0 saturated carbocycles. The highest BCUT2D eigenvalue weighted by atomic mass is 14.2. The Morgan fingerprint density at radius 2 is 1.50 bits per heavy atom. The van der Waals surface area contributed by atoms with Crippen molar-refractivity contribution in [3.8, 4) is 11.1 Å². The second-order valence-corrected chi connectivity index (χ2v) is 5.76. The van der Waals surface area contributed by atoms with Crippen LogP contribution in [0.1, 0.15) is 41.4 Å². The SMILES string of the molecule is [2H]c1c([2H])c([2H])c(-c2c([2H])c([2H])c([2H])c([2H])c2B2C([2H])([2H])c3c([2H])c([2H])c([2H])c4c(C)c([2H])c([2H])c(c34)C2([2H])[2H])c([2H])c1[2H]. The molecule has 5 rings (SSSR count). The molecule has 1 heteroatoms. The van der Waals surface area contributed by atoms with Gasteiger partial charge in [-0.15, -0.1) is 0 Å². The van der Waals surface area contributed by atoms with Crippen molar-refractivity contribution < 1.29 is 24.7 Å². The third-order valence-corrected chi connectivity index (χ3v) is 4.21. The molecule has 0 nitrogen and oxygen atoms in total. The highest BCUT2D eigenvalue weighted by Gasteiger charge is 2.27. The molecule has 0 spiro atoms. The highest BCUT2D eigenvalue weighted by molar-refractivity contribution is 6.74. The van der Waals surface area contributed by atoms with Crippen LogP contribution < -0.4 is 5.46 Å². The molecule has 124 valence electrons. The second-order valence-electron chi connectivity index (χ2n) is 5.76. The van der Waals surface area contributed by atoms with Crippen LogP contribution in [-0.4, -0.2) is 6.71 Å². The lowest BCUT2D eigenvalue weighted by Gasteiger charge is -2.26. The average Bonchev–Trinajstić information content (AvgIpc) is 2.94. The summed E-state index contributed by atoms with van der Waals surface area (Å²) in [6.45, 7) is -1.00. The van der Waals surface area contributed by atoms with E-state index in [0.29, 0.717) is 0 Å². The highest BCUT2D eigenvalue weighted by Crippen LogP contribution is 2.32. The van der Waals surface area contributed by atoms with E-state index in [1.165, 1.54) is 6.92 Å². The van der Waals surface area contributed by atoms with E-state index in [1.807, 2.05) is 0 Å². The quantitative estimate of drug-likeness (QED) is 0.425. The van der Waals surface area contributed by atoms with Crippen LogP contribution in [0, 0.1) is 6.92 Å². The summed E-state index contributed by atoms with van der Waals surface area (Å²) in [4.78, 5) is 0. The third-order valence-electron chi connectivity index (χ3n) is 4.21. The van der Waals surface area contributed by atoms with Crippen molar-refractivity contribution in [1.29, 1.82) is 0 Å². The summed E-state index contributed by atoms with van der Waals surface area (Å²) in [5.74, 6) is 0. The van der Waals surface area contributed by atoms with Gasteiger partial charge in [0, 0.05) is 5.48 Å². The van der Waals surface area contributed by atoms with E-state index in [2.05, 4.69) is 0 Å². The Labute approximate surface area is 180 Å². The Balaban J connectivity index is 2.09. The van der Waals surface area contributed by atoms with Crippen LogP contribution in [0.4, 0.5) is 0 Å². The molecule has 4 aromatic rings. The van der Waals surface area contributed by atoms with Gasteiger partial charge in [0.25, 0.3) is 0 Å². The average molecular weight is 350 g/mol. The molecule has 0 fully saturated rings. The fourth-order valence-corrected chi connectivity index (χ4v) is 3.02. The van der Waals surface area contributed by atoms with E-state index in [1.54, 1.807) is 0 Å². The lowest BCUT2D eigenvalue weighted by atomic mass is 9.36. The molecule has 0 unspecified atom stereocenters. The fourth-order valence-electron chi connectivity index (χ4n) is 3.02. The van der Waals surface area contributed by atoms with E-state index < -0.39 is 132 Å². The molecule has 0 aliphatic carbocycles. The van der Waals surface area contributed by atoms with Crippen molar-refractivity contribution in [3.05, 3.63) is 101 Å². The van der Waals surface area contributed by atoms with Crippen molar-refractivity contribution in [1.82, 2.24) is 0 Å². The van der Waals surface area contributed by atoms with Crippen LogP contribution in [0.15, 0.2) is 84.6 Å². The molecule has 0 saturated heterocycles. The molecule has 0 aromatic heterocycles. The number of aryl methyl sites for hydroxylation is 1.